The van der Waals surface area contributed by atoms with Crippen molar-refractivity contribution in [1.82, 2.24) is 20.5 Å². The molecule has 0 spiro atoms. The van der Waals surface area contributed by atoms with Crippen molar-refractivity contribution in [2.75, 3.05) is 44.2 Å². The highest BCUT2D eigenvalue weighted by Gasteiger charge is 2.26. The number of halogens is 3. The van der Waals surface area contributed by atoms with Crippen LogP contribution in [0.15, 0.2) is 30.5 Å². The van der Waals surface area contributed by atoms with Crippen molar-refractivity contribution in [3.63, 3.8) is 0 Å². The first kappa shape index (κ1) is 21.9. The van der Waals surface area contributed by atoms with E-state index in [-0.39, 0.29) is 12.1 Å². The number of pyridine rings is 1. The Hall–Kier alpha value is -2.29. The van der Waals surface area contributed by atoms with Crippen molar-refractivity contribution >= 4 is 23.3 Å². The van der Waals surface area contributed by atoms with Gasteiger partial charge in [0, 0.05) is 56.6 Å². The van der Waals surface area contributed by atoms with Crippen LogP contribution in [-0.4, -0.2) is 61.1 Å². The Morgan fingerprint density at radius 2 is 1.90 bits per heavy atom. The van der Waals surface area contributed by atoms with Gasteiger partial charge in [-0.05, 0) is 38.1 Å². The van der Waals surface area contributed by atoms with Crippen LogP contribution < -0.4 is 15.5 Å². The molecule has 2 saturated heterocycles. The van der Waals surface area contributed by atoms with Crippen LogP contribution in [0.1, 0.15) is 28.8 Å². The number of carbonyl (C=O) groups is 1. The number of hydrogen-bond donors (Lipinski definition) is 2. The number of anilines is 1. The first-order valence-corrected chi connectivity index (χ1v) is 11.0. The minimum atomic E-state index is -0.699. The highest BCUT2D eigenvalue weighted by molar-refractivity contribution is 6.33. The summed E-state index contributed by atoms with van der Waals surface area (Å²) in [7, 11) is 0. The lowest BCUT2D eigenvalue weighted by Gasteiger charge is -2.41. The largest absolute Gasteiger partial charge is 0.353 e. The Morgan fingerprint density at radius 1 is 1.16 bits per heavy atom. The van der Waals surface area contributed by atoms with Crippen LogP contribution in [0.4, 0.5) is 14.6 Å². The van der Waals surface area contributed by atoms with Gasteiger partial charge in [0.25, 0.3) is 5.91 Å². The standard InChI is InChI=1S/C22H26ClF2N5O/c23-19-11-16(22(31)28-13-15-1-2-17(24)12-20(15)25)14-27-21(19)30-9-7-29(8-10-30)18-3-5-26-6-4-18/h1-2,11-12,14,18,26H,3-10,13H2,(H,28,31). The maximum Gasteiger partial charge on any atom is 0.253 e. The predicted octanol–water partition coefficient (Wildman–Crippen LogP) is 2.82. The molecule has 2 aromatic rings. The summed E-state index contributed by atoms with van der Waals surface area (Å²) in [6.45, 7) is 5.72. The average molecular weight is 450 g/mol. The van der Waals surface area contributed by atoms with Gasteiger partial charge in [-0.15, -0.1) is 0 Å². The molecular weight excluding hydrogens is 424 g/mol. The fourth-order valence-corrected chi connectivity index (χ4v) is 4.49. The van der Waals surface area contributed by atoms with Gasteiger partial charge in [-0.3, -0.25) is 9.69 Å². The summed E-state index contributed by atoms with van der Waals surface area (Å²) in [5.41, 5.74) is 0.502. The summed E-state index contributed by atoms with van der Waals surface area (Å²) >= 11 is 6.44. The molecule has 1 aromatic heterocycles. The van der Waals surface area contributed by atoms with E-state index in [9.17, 15) is 13.6 Å². The first-order valence-electron chi connectivity index (χ1n) is 10.6. The zero-order chi connectivity index (χ0) is 21.8. The van der Waals surface area contributed by atoms with E-state index in [0.29, 0.717) is 22.4 Å². The minimum Gasteiger partial charge on any atom is -0.353 e. The second-order valence-corrected chi connectivity index (χ2v) is 8.36. The number of piperazine rings is 1. The van der Waals surface area contributed by atoms with Gasteiger partial charge in [-0.2, -0.15) is 0 Å². The zero-order valence-electron chi connectivity index (χ0n) is 17.2. The zero-order valence-corrected chi connectivity index (χ0v) is 18.0. The molecule has 3 heterocycles. The van der Waals surface area contributed by atoms with Crippen molar-refractivity contribution < 1.29 is 13.6 Å². The Balaban J connectivity index is 1.34. The number of hydrogen-bond acceptors (Lipinski definition) is 5. The number of carbonyl (C=O) groups excluding carboxylic acids is 1. The second-order valence-electron chi connectivity index (χ2n) is 7.95. The summed E-state index contributed by atoms with van der Waals surface area (Å²) in [6, 6.07) is 5.48. The van der Waals surface area contributed by atoms with Crippen LogP contribution in [0.2, 0.25) is 5.02 Å². The molecule has 1 amide bonds. The molecule has 2 aliphatic rings. The van der Waals surface area contributed by atoms with Crippen molar-refractivity contribution in [3.05, 3.63) is 58.2 Å². The number of piperidine rings is 1. The van der Waals surface area contributed by atoms with Gasteiger partial charge in [0.15, 0.2) is 0 Å². The van der Waals surface area contributed by atoms with Crippen LogP contribution >= 0.6 is 11.6 Å². The summed E-state index contributed by atoms with van der Waals surface area (Å²) in [4.78, 5) is 21.5. The van der Waals surface area contributed by atoms with Crippen LogP contribution in [0.25, 0.3) is 0 Å². The monoisotopic (exact) mass is 449 g/mol. The predicted molar refractivity (Wildman–Crippen MR) is 116 cm³/mol. The van der Waals surface area contributed by atoms with Gasteiger partial charge in [0.1, 0.15) is 17.5 Å². The summed E-state index contributed by atoms with van der Waals surface area (Å²) < 4.78 is 26.7. The average Bonchev–Trinajstić information content (AvgIpc) is 2.79. The SMILES string of the molecule is O=C(NCc1ccc(F)cc1F)c1cnc(N2CCN(C3CCNCC3)CC2)c(Cl)c1. The molecule has 4 rings (SSSR count). The topological polar surface area (TPSA) is 60.5 Å². The molecule has 0 bridgehead atoms. The number of benzene rings is 1. The number of nitrogens with one attached hydrogen (secondary N) is 2. The quantitative estimate of drug-likeness (QED) is 0.735. The lowest BCUT2D eigenvalue weighted by atomic mass is 10.0. The highest BCUT2D eigenvalue weighted by Crippen LogP contribution is 2.26. The molecule has 31 heavy (non-hydrogen) atoms. The molecule has 6 nitrogen and oxygen atoms in total. The van der Waals surface area contributed by atoms with E-state index in [4.69, 9.17) is 11.6 Å². The second kappa shape index (κ2) is 9.89. The Labute approximate surface area is 185 Å². The van der Waals surface area contributed by atoms with E-state index in [0.717, 1.165) is 51.4 Å². The number of aromatic nitrogens is 1. The molecule has 1 aromatic carbocycles. The summed E-state index contributed by atoms with van der Waals surface area (Å²) in [5.74, 6) is -1.10. The third-order valence-corrected chi connectivity index (χ3v) is 6.26. The van der Waals surface area contributed by atoms with E-state index < -0.39 is 17.5 Å². The van der Waals surface area contributed by atoms with Crippen LogP contribution in [0.3, 0.4) is 0 Å². The third kappa shape index (κ3) is 5.31. The number of rotatable bonds is 5. The summed E-state index contributed by atoms with van der Waals surface area (Å²) in [6.07, 6.45) is 3.85. The minimum absolute atomic E-state index is 0.0526. The van der Waals surface area contributed by atoms with Crippen molar-refractivity contribution in [3.8, 4) is 0 Å². The van der Waals surface area contributed by atoms with Gasteiger partial charge >= 0.3 is 0 Å². The number of nitrogens with zero attached hydrogens (tertiary/aromatic N) is 3. The van der Waals surface area contributed by atoms with Gasteiger partial charge in [0.2, 0.25) is 0 Å². The van der Waals surface area contributed by atoms with Crippen LogP contribution in [0, 0.1) is 11.6 Å². The van der Waals surface area contributed by atoms with Gasteiger partial charge in [-0.25, -0.2) is 13.8 Å². The summed E-state index contributed by atoms with van der Waals surface area (Å²) in [5, 5.41) is 6.43. The van der Waals surface area contributed by atoms with Gasteiger partial charge < -0.3 is 15.5 Å². The molecule has 0 unspecified atom stereocenters. The molecule has 9 heteroatoms. The van der Waals surface area contributed by atoms with E-state index in [1.807, 2.05) is 0 Å². The maximum atomic E-state index is 13.7. The Morgan fingerprint density at radius 3 is 2.58 bits per heavy atom. The molecule has 2 fully saturated rings. The van der Waals surface area contributed by atoms with Crippen LogP contribution in [-0.2, 0) is 6.54 Å². The maximum absolute atomic E-state index is 13.7. The molecule has 0 radical (unpaired) electrons. The van der Waals surface area contributed by atoms with E-state index in [2.05, 4.69) is 25.4 Å². The third-order valence-electron chi connectivity index (χ3n) is 5.98. The smallest absolute Gasteiger partial charge is 0.253 e. The molecule has 0 atom stereocenters. The normalized spacial score (nSPS) is 18.2. The molecule has 166 valence electrons. The lowest BCUT2D eigenvalue weighted by molar-refractivity contribution is 0.0950. The van der Waals surface area contributed by atoms with Crippen molar-refractivity contribution in [2.45, 2.75) is 25.4 Å². The molecule has 0 saturated carbocycles. The molecule has 2 N–H and O–H groups in total. The Bertz CT molecular complexity index is 930. The Kier molecular flexibility index (Phi) is 6.99. The van der Waals surface area contributed by atoms with Crippen LogP contribution in [0.5, 0.6) is 0 Å². The van der Waals surface area contributed by atoms with Crippen molar-refractivity contribution in [1.29, 1.82) is 0 Å². The van der Waals surface area contributed by atoms with E-state index in [1.165, 1.54) is 25.1 Å². The van der Waals surface area contributed by atoms with Crippen molar-refractivity contribution in [2.24, 2.45) is 0 Å². The molecular formula is C22H26ClF2N5O. The fraction of sp³-hybridized carbons (Fsp3) is 0.455. The van der Waals surface area contributed by atoms with E-state index >= 15 is 0 Å². The highest BCUT2D eigenvalue weighted by atomic mass is 35.5. The molecule has 0 aliphatic carbocycles. The van der Waals surface area contributed by atoms with E-state index in [1.54, 1.807) is 6.07 Å². The fourth-order valence-electron chi connectivity index (χ4n) is 4.20. The number of amides is 1. The lowest BCUT2D eigenvalue weighted by Crippen LogP contribution is -2.53. The van der Waals surface area contributed by atoms with Gasteiger partial charge in [-0.1, -0.05) is 17.7 Å². The first-order chi connectivity index (χ1) is 15.0. The molecule has 2 aliphatic heterocycles. The van der Waals surface area contributed by atoms with Gasteiger partial charge in [0.05, 0.1) is 10.6 Å².